The van der Waals surface area contributed by atoms with Crippen molar-refractivity contribution in [3.63, 3.8) is 0 Å². The summed E-state index contributed by atoms with van der Waals surface area (Å²) < 4.78 is 1.93. The van der Waals surface area contributed by atoms with Crippen molar-refractivity contribution in [1.29, 1.82) is 0 Å². The Bertz CT molecular complexity index is 2310. The molecule has 0 spiro atoms. The van der Waals surface area contributed by atoms with Gasteiger partial charge in [0.1, 0.15) is 11.9 Å². The van der Waals surface area contributed by atoms with Crippen molar-refractivity contribution in [2.45, 2.75) is 97.4 Å². The maximum atomic E-state index is 13.9. The molecule has 3 aromatic heterocycles. The average Bonchev–Trinajstić information content (AvgIpc) is 3.64. The number of H-pyrrole nitrogens is 1. The van der Waals surface area contributed by atoms with Crippen LogP contribution in [-0.4, -0.2) is 74.6 Å². The minimum absolute atomic E-state index is 0.0913. The molecular weight excluding hydrogens is 719 g/mol. The maximum absolute atomic E-state index is 13.9. The van der Waals surface area contributed by atoms with Crippen LogP contribution in [0.4, 0.5) is 11.5 Å². The van der Waals surface area contributed by atoms with Gasteiger partial charge in [-0.15, -0.1) is 0 Å². The smallest absolute Gasteiger partial charge is 0.253 e. The lowest BCUT2D eigenvalue weighted by atomic mass is 10.00. The highest BCUT2D eigenvalue weighted by Gasteiger charge is 2.27. The molecule has 13 heteroatoms. The largest absolute Gasteiger partial charge is 0.374 e. The fraction of sp³-hybridized carbons (Fsp3) is 0.409. The molecule has 2 aromatic carbocycles. The van der Waals surface area contributed by atoms with Gasteiger partial charge < -0.3 is 20.5 Å². The molecule has 5 aromatic rings. The molecule has 0 saturated carbocycles. The van der Waals surface area contributed by atoms with Crippen LogP contribution in [0.3, 0.4) is 0 Å². The molecule has 2 aliphatic heterocycles. The van der Waals surface area contributed by atoms with Crippen molar-refractivity contribution in [1.82, 2.24) is 35.3 Å². The molecule has 57 heavy (non-hydrogen) atoms. The van der Waals surface area contributed by atoms with Gasteiger partial charge in [-0.25, -0.2) is 4.98 Å². The Morgan fingerprint density at radius 3 is 2.44 bits per heavy atom. The van der Waals surface area contributed by atoms with Crippen molar-refractivity contribution < 1.29 is 14.4 Å². The van der Waals surface area contributed by atoms with Crippen LogP contribution in [0.1, 0.15) is 91.7 Å². The van der Waals surface area contributed by atoms with Gasteiger partial charge in [0.15, 0.2) is 0 Å². The Labute approximate surface area is 333 Å². The number of hydrogen-bond acceptors (Lipinski definition) is 9. The highest BCUT2D eigenvalue weighted by atomic mass is 16.2. The highest BCUT2D eigenvalue weighted by Crippen LogP contribution is 2.31. The minimum atomic E-state index is -0.396. The van der Waals surface area contributed by atoms with E-state index in [2.05, 4.69) is 94.0 Å². The van der Waals surface area contributed by atoms with Crippen molar-refractivity contribution in [2.24, 2.45) is 0 Å². The topological polar surface area (TPSA) is 157 Å². The second-order valence-electron chi connectivity index (χ2n) is 15.7. The summed E-state index contributed by atoms with van der Waals surface area (Å²) in [4.78, 5) is 62.9. The van der Waals surface area contributed by atoms with E-state index >= 15 is 0 Å². The molecule has 4 N–H and O–H groups in total. The number of aromatic nitrogens is 4. The molecular formula is C44H53N9O4. The molecule has 5 heterocycles. The van der Waals surface area contributed by atoms with Crippen LogP contribution in [0.2, 0.25) is 0 Å². The third-order valence-electron chi connectivity index (χ3n) is 11.2. The van der Waals surface area contributed by atoms with Crippen LogP contribution >= 0.6 is 0 Å². The van der Waals surface area contributed by atoms with Crippen LogP contribution < -0.4 is 26.4 Å². The van der Waals surface area contributed by atoms with E-state index in [9.17, 15) is 19.2 Å². The van der Waals surface area contributed by atoms with Crippen LogP contribution in [-0.2, 0) is 29.1 Å². The fourth-order valence-electron chi connectivity index (χ4n) is 8.08. The zero-order valence-corrected chi connectivity index (χ0v) is 33.5. The Morgan fingerprint density at radius 1 is 0.982 bits per heavy atom. The molecule has 2 saturated heterocycles. The summed E-state index contributed by atoms with van der Waals surface area (Å²) in [7, 11) is 2.17. The molecule has 298 valence electrons. The van der Waals surface area contributed by atoms with Gasteiger partial charge in [0, 0.05) is 78.8 Å². The van der Waals surface area contributed by atoms with Gasteiger partial charge in [0.2, 0.25) is 11.8 Å². The van der Waals surface area contributed by atoms with Gasteiger partial charge in [-0.3, -0.25) is 34.1 Å². The number of benzene rings is 2. The molecule has 2 fully saturated rings. The molecule has 1 unspecified atom stereocenters. The number of fused-ring (bicyclic) bond motifs is 1. The number of aromatic amines is 1. The summed E-state index contributed by atoms with van der Waals surface area (Å²) >= 11 is 0. The molecule has 0 bridgehead atoms. The first-order valence-electron chi connectivity index (χ1n) is 20.1. The lowest BCUT2D eigenvalue weighted by molar-refractivity contribution is -0.133. The zero-order chi connectivity index (χ0) is 40.2. The molecule has 13 nitrogen and oxygen atoms in total. The zero-order valence-electron chi connectivity index (χ0n) is 33.5. The lowest BCUT2D eigenvalue weighted by Gasteiger charge is -2.37. The van der Waals surface area contributed by atoms with Gasteiger partial charge in [-0.05, 0) is 113 Å². The standard InChI is InChI=1S/C44H53N9O4/c1-6-7-30-20-28(4)48-43(56)36(30)24-46-42(55)35-21-32(22-39-37(35)25-47-53(39)27(2)3)31-10-14-40(45-23-31)52-18-16-34(17-19-52)51(5)26-29-8-11-33(12-9-29)49-38-13-15-41(54)50-44(38)57/h8-12,14,20-23,25,27,34,38,49H,6-7,13,15-19,24,26H2,1-5H3,(H,46,55)(H,48,56)(H,50,54,57). The maximum Gasteiger partial charge on any atom is 0.253 e. The van der Waals surface area contributed by atoms with Gasteiger partial charge in [-0.1, -0.05) is 25.5 Å². The number of imide groups is 1. The molecule has 7 rings (SSSR count). The predicted octanol–water partition coefficient (Wildman–Crippen LogP) is 5.88. The van der Waals surface area contributed by atoms with Gasteiger partial charge >= 0.3 is 0 Å². The first-order valence-corrected chi connectivity index (χ1v) is 20.1. The highest BCUT2D eigenvalue weighted by molar-refractivity contribution is 6.08. The number of carbonyl (C=O) groups is 3. The normalized spacial score (nSPS) is 16.4. The molecule has 0 radical (unpaired) electrons. The number of nitrogens with one attached hydrogen (secondary N) is 4. The SMILES string of the molecule is CCCc1cc(C)[nH]c(=O)c1CNC(=O)c1cc(-c2ccc(N3CCC(N(C)Cc4ccc(NC5CCC(=O)NC5=O)cc4)CC3)nc2)cc2c1cnn2C(C)C. The number of piperidine rings is 2. The van der Waals surface area contributed by atoms with Crippen LogP contribution in [0.15, 0.2) is 71.8 Å². The lowest BCUT2D eigenvalue weighted by Crippen LogP contribution is -2.47. The van der Waals surface area contributed by atoms with E-state index in [1.165, 1.54) is 5.56 Å². The predicted molar refractivity (Wildman–Crippen MR) is 223 cm³/mol. The second-order valence-corrected chi connectivity index (χ2v) is 15.7. The van der Waals surface area contributed by atoms with E-state index in [1.807, 2.05) is 42.1 Å². The van der Waals surface area contributed by atoms with Crippen molar-refractivity contribution >= 4 is 40.1 Å². The quantitative estimate of drug-likeness (QED) is 0.107. The number of nitrogens with zero attached hydrogens (tertiary/aromatic N) is 5. The summed E-state index contributed by atoms with van der Waals surface area (Å²) in [6, 6.07) is 18.4. The van der Waals surface area contributed by atoms with Crippen LogP contribution in [0, 0.1) is 6.92 Å². The summed E-state index contributed by atoms with van der Waals surface area (Å²) in [5, 5.41) is 14.1. The average molecular weight is 772 g/mol. The summed E-state index contributed by atoms with van der Waals surface area (Å²) in [5.41, 5.74) is 7.39. The van der Waals surface area contributed by atoms with Crippen LogP contribution in [0.25, 0.3) is 22.0 Å². The molecule has 0 aliphatic carbocycles. The van der Waals surface area contributed by atoms with Gasteiger partial charge in [0.25, 0.3) is 11.5 Å². The summed E-state index contributed by atoms with van der Waals surface area (Å²) in [6.45, 7) is 10.8. The minimum Gasteiger partial charge on any atom is -0.374 e. The van der Waals surface area contributed by atoms with Gasteiger partial charge in [-0.2, -0.15) is 5.10 Å². The van der Waals surface area contributed by atoms with Crippen molar-refractivity contribution in [2.75, 3.05) is 30.4 Å². The van der Waals surface area contributed by atoms with E-state index in [0.717, 1.165) is 90.1 Å². The number of carbonyl (C=O) groups excluding carboxylic acids is 3. The molecule has 1 atom stereocenters. The summed E-state index contributed by atoms with van der Waals surface area (Å²) in [6.07, 6.45) is 8.16. The van der Waals surface area contributed by atoms with E-state index in [0.29, 0.717) is 30.0 Å². The number of rotatable bonds is 13. The van der Waals surface area contributed by atoms with E-state index in [-0.39, 0.29) is 35.9 Å². The number of anilines is 2. The molecule has 3 amide bonds. The van der Waals surface area contributed by atoms with E-state index in [4.69, 9.17) is 4.98 Å². The Morgan fingerprint density at radius 2 is 1.75 bits per heavy atom. The third kappa shape index (κ3) is 8.93. The fourth-order valence-corrected chi connectivity index (χ4v) is 8.08. The number of aryl methyl sites for hydroxylation is 2. The summed E-state index contributed by atoms with van der Waals surface area (Å²) in [5.74, 6) is 0.180. The van der Waals surface area contributed by atoms with Crippen molar-refractivity contribution in [3.8, 4) is 11.1 Å². The monoisotopic (exact) mass is 771 g/mol. The van der Waals surface area contributed by atoms with E-state index < -0.39 is 6.04 Å². The first kappa shape index (κ1) is 39.4. The second kappa shape index (κ2) is 17.1. The number of pyridine rings is 2. The third-order valence-corrected chi connectivity index (χ3v) is 11.2. The van der Waals surface area contributed by atoms with Gasteiger partial charge in [0.05, 0.1) is 17.3 Å². The van der Waals surface area contributed by atoms with Crippen molar-refractivity contribution in [3.05, 3.63) is 105 Å². The Kier molecular flexibility index (Phi) is 11.8. The number of amides is 3. The number of hydrogen-bond donors (Lipinski definition) is 4. The van der Waals surface area contributed by atoms with E-state index in [1.54, 1.807) is 6.20 Å². The van der Waals surface area contributed by atoms with Crippen LogP contribution in [0.5, 0.6) is 0 Å². The first-order chi connectivity index (χ1) is 27.5. The Hall–Kier alpha value is -5.82. The Balaban J connectivity index is 0.993. The molecule has 2 aliphatic rings.